The number of fused-ring (bicyclic) bond motifs is 1. The third-order valence-electron chi connectivity index (χ3n) is 4.04. The highest BCUT2D eigenvalue weighted by molar-refractivity contribution is 7.99. The van der Waals surface area contributed by atoms with Crippen LogP contribution >= 0.6 is 23.4 Å². The number of thioether (sulfide) groups is 1. The van der Waals surface area contributed by atoms with Gasteiger partial charge in [0.05, 0.1) is 11.4 Å². The Balaban J connectivity index is 1.50. The van der Waals surface area contributed by atoms with Crippen molar-refractivity contribution in [2.75, 3.05) is 11.1 Å². The average molecular weight is 411 g/mol. The number of rotatable bonds is 5. The van der Waals surface area contributed by atoms with E-state index >= 15 is 0 Å². The summed E-state index contributed by atoms with van der Waals surface area (Å²) in [6, 6.07) is 14.7. The molecule has 4 rings (SSSR count). The summed E-state index contributed by atoms with van der Waals surface area (Å²) in [5.74, 6) is 0.00963. The lowest BCUT2D eigenvalue weighted by molar-refractivity contribution is -0.113. The Kier molecular flexibility index (Phi) is 5.23. The number of aromatic nitrogens is 5. The number of carbonyl (C=O) groups is 1. The van der Waals surface area contributed by atoms with Crippen LogP contribution in [0.4, 0.5) is 5.69 Å². The Hall–Kier alpha value is -2.97. The third-order valence-corrected chi connectivity index (χ3v) is 5.36. The van der Waals surface area contributed by atoms with Crippen LogP contribution in [0.1, 0.15) is 5.56 Å². The first-order valence-corrected chi connectivity index (χ1v) is 9.80. The quantitative estimate of drug-likeness (QED) is 0.502. The summed E-state index contributed by atoms with van der Waals surface area (Å²) in [4.78, 5) is 16.6. The van der Waals surface area contributed by atoms with Gasteiger partial charge in [-0.3, -0.25) is 9.78 Å². The van der Waals surface area contributed by atoms with Gasteiger partial charge in [-0.25, -0.2) is 0 Å². The van der Waals surface area contributed by atoms with Crippen LogP contribution in [0.25, 0.3) is 17.0 Å². The summed E-state index contributed by atoms with van der Waals surface area (Å²) in [7, 11) is 0. The molecular weight excluding hydrogens is 396 g/mol. The topological polar surface area (TPSA) is 85.1 Å². The molecule has 0 fully saturated rings. The molecule has 0 saturated heterocycles. The Morgan fingerprint density at radius 1 is 1.11 bits per heavy atom. The number of amides is 1. The van der Waals surface area contributed by atoms with Crippen LogP contribution in [-0.2, 0) is 4.79 Å². The van der Waals surface area contributed by atoms with E-state index in [0.29, 0.717) is 27.2 Å². The summed E-state index contributed by atoms with van der Waals surface area (Å²) >= 11 is 7.35. The molecule has 4 aromatic rings. The van der Waals surface area contributed by atoms with Crippen molar-refractivity contribution in [2.24, 2.45) is 0 Å². The zero-order valence-corrected chi connectivity index (χ0v) is 16.4. The molecule has 28 heavy (non-hydrogen) atoms. The fourth-order valence-corrected chi connectivity index (χ4v) is 3.43. The molecule has 0 atom stereocenters. The van der Waals surface area contributed by atoms with Crippen molar-refractivity contribution in [2.45, 2.75) is 12.1 Å². The summed E-state index contributed by atoms with van der Waals surface area (Å²) < 4.78 is 1.62. The molecule has 3 heterocycles. The van der Waals surface area contributed by atoms with E-state index in [1.165, 1.54) is 11.8 Å². The smallest absolute Gasteiger partial charge is 0.234 e. The number of pyridine rings is 1. The van der Waals surface area contributed by atoms with Crippen molar-refractivity contribution in [3.63, 3.8) is 0 Å². The summed E-state index contributed by atoms with van der Waals surface area (Å²) in [6.45, 7) is 1.86. The maximum Gasteiger partial charge on any atom is 0.234 e. The van der Waals surface area contributed by atoms with Gasteiger partial charge in [-0.2, -0.15) is 9.61 Å². The number of nitrogens with zero attached hydrogens (tertiary/aromatic N) is 5. The van der Waals surface area contributed by atoms with Gasteiger partial charge in [-0.1, -0.05) is 35.5 Å². The molecule has 1 N–H and O–H groups in total. The highest BCUT2D eigenvalue weighted by Crippen LogP contribution is 2.24. The van der Waals surface area contributed by atoms with Crippen LogP contribution in [0, 0.1) is 6.92 Å². The molecule has 9 heteroatoms. The number of nitrogens with one attached hydrogen (secondary N) is 1. The average Bonchev–Trinajstić information content (AvgIpc) is 3.13. The fourth-order valence-electron chi connectivity index (χ4n) is 2.57. The zero-order chi connectivity index (χ0) is 19.5. The highest BCUT2D eigenvalue weighted by Gasteiger charge is 2.13. The van der Waals surface area contributed by atoms with Crippen LogP contribution in [0.2, 0.25) is 5.02 Å². The van der Waals surface area contributed by atoms with Crippen molar-refractivity contribution >= 4 is 40.6 Å². The largest absolute Gasteiger partial charge is 0.325 e. The van der Waals surface area contributed by atoms with Crippen molar-refractivity contribution < 1.29 is 4.79 Å². The summed E-state index contributed by atoms with van der Waals surface area (Å²) in [5, 5.41) is 16.8. The van der Waals surface area contributed by atoms with Crippen molar-refractivity contribution in [1.82, 2.24) is 24.8 Å². The molecule has 0 radical (unpaired) electrons. The molecule has 0 aliphatic carbocycles. The van der Waals surface area contributed by atoms with Crippen LogP contribution < -0.4 is 5.32 Å². The SMILES string of the molecule is Cc1c(Cl)cccc1NC(=O)CSc1nnc2ccc(-c3ccccn3)nn12. The van der Waals surface area contributed by atoms with Gasteiger partial charge in [-0.15, -0.1) is 10.2 Å². The van der Waals surface area contributed by atoms with Crippen molar-refractivity contribution in [3.8, 4) is 11.4 Å². The number of benzene rings is 1. The maximum absolute atomic E-state index is 12.3. The highest BCUT2D eigenvalue weighted by atomic mass is 35.5. The fraction of sp³-hybridized carbons (Fsp3) is 0.105. The molecule has 1 aromatic carbocycles. The molecule has 0 spiro atoms. The van der Waals surface area contributed by atoms with E-state index in [1.54, 1.807) is 22.8 Å². The van der Waals surface area contributed by atoms with E-state index in [4.69, 9.17) is 11.6 Å². The monoisotopic (exact) mass is 410 g/mol. The molecule has 7 nitrogen and oxygen atoms in total. The molecule has 0 saturated carbocycles. The zero-order valence-electron chi connectivity index (χ0n) is 14.8. The Bertz CT molecular complexity index is 1150. The Labute approximate surface area is 170 Å². The maximum atomic E-state index is 12.3. The minimum absolute atomic E-state index is 0.159. The minimum Gasteiger partial charge on any atom is -0.325 e. The first kappa shape index (κ1) is 18.4. The number of hydrogen-bond donors (Lipinski definition) is 1. The molecule has 1 amide bonds. The second-order valence-corrected chi connectivity index (χ2v) is 7.29. The number of carbonyl (C=O) groups excluding carboxylic acids is 1. The van der Waals surface area contributed by atoms with Crippen LogP contribution in [0.5, 0.6) is 0 Å². The normalized spacial score (nSPS) is 10.9. The van der Waals surface area contributed by atoms with Gasteiger partial charge < -0.3 is 5.32 Å². The van der Waals surface area contributed by atoms with Crippen LogP contribution in [0.15, 0.2) is 59.9 Å². The van der Waals surface area contributed by atoms with Gasteiger partial charge >= 0.3 is 0 Å². The lowest BCUT2D eigenvalue weighted by Gasteiger charge is -2.09. The molecule has 0 aliphatic heterocycles. The number of halogens is 1. The summed E-state index contributed by atoms with van der Waals surface area (Å²) in [6.07, 6.45) is 1.71. The van der Waals surface area contributed by atoms with Crippen molar-refractivity contribution in [1.29, 1.82) is 0 Å². The second-order valence-electron chi connectivity index (χ2n) is 5.94. The molecule has 0 bridgehead atoms. The molecule has 140 valence electrons. The van der Waals surface area contributed by atoms with Gasteiger partial charge in [0.1, 0.15) is 5.69 Å². The van der Waals surface area contributed by atoms with Gasteiger partial charge in [0.15, 0.2) is 5.65 Å². The third kappa shape index (κ3) is 3.83. The predicted octanol–water partition coefficient (Wildman–Crippen LogP) is 3.88. The van der Waals surface area contributed by atoms with Gasteiger partial charge in [0.25, 0.3) is 0 Å². The minimum atomic E-state index is -0.159. The molecule has 3 aromatic heterocycles. The van der Waals surface area contributed by atoms with E-state index in [1.807, 2.05) is 43.3 Å². The predicted molar refractivity (Wildman–Crippen MR) is 110 cm³/mol. The first-order valence-electron chi connectivity index (χ1n) is 8.43. The number of hydrogen-bond acceptors (Lipinski definition) is 6. The molecule has 0 aliphatic rings. The van der Waals surface area contributed by atoms with Crippen molar-refractivity contribution in [3.05, 3.63) is 65.3 Å². The van der Waals surface area contributed by atoms with Gasteiger partial charge in [-0.05, 0) is 48.9 Å². The second kappa shape index (κ2) is 7.95. The van der Waals surface area contributed by atoms with Crippen LogP contribution in [0.3, 0.4) is 0 Å². The first-order chi connectivity index (χ1) is 13.6. The molecule has 0 unspecified atom stereocenters. The summed E-state index contributed by atoms with van der Waals surface area (Å²) in [5.41, 5.74) is 3.59. The number of anilines is 1. The van der Waals surface area contributed by atoms with E-state index in [-0.39, 0.29) is 11.7 Å². The van der Waals surface area contributed by atoms with Gasteiger partial charge in [0, 0.05) is 16.9 Å². The molecular formula is C19H15ClN6OS. The van der Waals surface area contributed by atoms with Gasteiger partial charge in [0.2, 0.25) is 11.1 Å². The Morgan fingerprint density at radius 3 is 2.82 bits per heavy atom. The standard InChI is InChI=1S/C19H15ClN6OS/c1-12-13(20)5-4-7-14(12)22-18(27)11-28-19-24-23-17-9-8-16(25-26(17)19)15-6-2-3-10-21-15/h2-10H,11H2,1H3,(H,22,27). The van der Waals surface area contributed by atoms with Crippen LogP contribution in [-0.4, -0.2) is 36.5 Å². The van der Waals surface area contributed by atoms with E-state index in [0.717, 1.165) is 11.3 Å². The van der Waals surface area contributed by atoms with E-state index in [2.05, 4.69) is 25.6 Å². The lowest BCUT2D eigenvalue weighted by Crippen LogP contribution is -2.15. The van der Waals surface area contributed by atoms with E-state index in [9.17, 15) is 4.79 Å². The lowest BCUT2D eigenvalue weighted by atomic mass is 10.2. The van der Waals surface area contributed by atoms with E-state index < -0.39 is 0 Å². The Morgan fingerprint density at radius 2 is 2.00 bits per heavy atom.